The molecule has 0 aromatic rings. The molecule has 0 rings (SSSR count). The van der Waals surface area contributed by atoms with Crippen LogP contribution in [0.25, 0.3) is 5.73 Å². The average molecular weight is 417 g/mol. The summed E-state index contributed by atoms with van der Waals surface area (Å²) >= 11 is 0. The van der Waals surface area contributed by atoms with E-state index in [0.717, 1.165) is 6.42 Å². The van der Waals surface area contributed by atoms with E-state index in [1.54, 1.807) is 0 Å². The van der Waals surface area contributed by atoms with Crippen LogP contribution >= 0.6 is 0 Å². The summed E-state index contributed by atoms with van der Waals surface area (Å²) in [7, 11) is 0. The van der Waals surface area contributed by atoms with Crippen molar-refractivity contribution in [2.45, 2.75) is 60.4 Å². The quantitative estimate of drug-likeness (QED) is 0.235. The molecule has 0 bridgehead atoms. The molecular weight excluding hydrogens is 387 g/mol. The number of nitrogens with one attached hydrogen (secondary N) is 1. The second kappa shape index (κ2) is 27.7. The van der Waals surface area contributed by atoms with Gasteiger partial charge in [0.1, 0.15) is 22.8 Å². The van der Waals surface area contributed by atoms with Gasteiger partial charge in [-0.3, -0.25) is 0 Å². The second-order valence-electron chi connectivity index (χ2n) is 4.46. The summed E-state index contributed by atoms with van der Waals surface area (Å²) in [5.41, 5.74) is 8.08. The maximum absolute atomic E-state index is 8.03. The van der Waals surface area contributed by atoms with Crippen molar-refractivity contribution in [3.05, 3.63) is 12.7 Å². The van der Waals surface area contributed by atoms with Crippen LogP contribution in [0, 0.1) is 18.3 Å². The Balaban J connectivity index is -0.0000000773. The van der Waals surface area contributed by atoms with Crippen LogP contribution in [-0.2, 0) is 16.8 Å². The van der Waals surface area contributed by atoms with Crippen LogP contribution in [0.15, 0.2) is 20.6 Å². The fourth-order valence-corrected chi connectivity index (χ4v) is 0.289. The zero-order valence-electron chi connectivity index (χ0n) is 16.1. The van der Waals surface area contributed by atoms with Gasteiger partial charge >= 0.3 is 16.8 Å². The first-order valence-electron chi connectivity index (χ1n) is 7.25. The molecule has 0 heterocycles. The third-order valence-corrected chi connectivity index (χ3v) is 2.37. The van der Waals surface area contributed by atoms with Crippen molar-refractivity contribution in [2.75, 3.05) is 0 Å². The first-order chi connectivity index (χ1) is 11.6. The molecule has 0 amide bonds. The molecule has 1 atom stereocenters. The van der Waals surface area contributed by atoms with Crippen molar-refractivity contribution in [2.24, 2.45) is 20.6 Å². The summed E-state index contributed by atoms with van der Waals surface area (Å²) in [6.07, 6.45) is 1.35. The number of hydrogen-bond acceptors (Lipinski definition) is 9. The number of nitriles is 1. The SMILES string of the molecule is CC(=NO)C(C)=NO.CC(=NO)C(C)=NO.CCC(C)[NH-].[CH2-]CC#N.[Co+2]. The number of hydrogen-bond donors (Lipinski definition) is 4. The van der Waals surface area contributed by atoms with Crippen molar-refractivity contribution in [3.8, 4) is 6.07 Å². The fourth-order valence-electron chi connectivity index (χ4n) is 0.289. The summed E-state index contributed by atoms with van der Waals surface area (Å²) in [6.45, 7) is 13.3. The predicted octanol–water partition coefficient (Wildman–Crippen LogP) is 3.94. The largest absolute Gasteiger partial charge is 2.00 e. The smallest absolute Gasteiger partial charge is 0.675 e. The average Bonchev–Trinajstić information content (AvgIpc) is 2.66. The van der Waals surface area contributed by atoms with Crippen LogP contribution < -0.4 is 0 Å². The maximum atomic E-state index is 8.03. The molecular formula is C15H30CoN6O4. The molecule has 1 unspecified atom stereocenters. The Morgan fingerprint density at radius 1 is 0.923 bits per heavy atom. The molecule has 0 aromatic heterocycles. The van der Waals surface area contributed by atoms with E-state index in [2.05, 4.69) is 27.5 Å². The maximum Gasteiger partial charge on any atom is 2.00 e. The Morgan fingerprint density at radius 2 is 1.08 bits per heavy atom. The molecule has 0 spiro atoms. The molecule has 0 aromatic carbocycles. The van der Waals surface area contributed by atoms with Crippen LogP contribution in [0.1, 0.15) is 54.4 Å². The van der Waals surface area contributed by atoms with Gasteiger partial charge in [0.05, 0.1) is 0 Å². The molecule has 0 aliphatic heterocycles. The Morgan fingerprint density at radius 3 is 1.12 bits per heavy atom. The fraction of sp³-hybridized carbons (Fsp3) is 0.600. The Kier molecular flexibility index (Phi) is 37.3. The van der Waals surface area contributed by atoms with Crippen molar-refractivity contribution in [1.82, 2.24) is 0 Å². The Bertz CT molecular complexity index is 407. The Labute approximate surface area is 165 Å². The summed E-state index contributed by atoms with van der Waals surface area (Å²) in [5, 5.41) is 50.8. The minimum atomic E-state index is 0. The summed E-state index contributed by atoms with van der Waals surface area (Å²) in [5.74, 6) is 0. The normalized spacial score (nSPS) is 12.4. The van der Waals surface area contributed by atoms with Crippen LogP contribution in [0.4, 0.5) is 0 Å². The van der Waals surface area contributed by atoms with Crippen molar-refractivity contribution >= 4 is 22.8 Å². The van der Waals surface area contributed by atoms with Gasteiger partial charge in [0.25, 0.3) is 0 Å². The standard InChI is InChI=1S/2C4H8N2O2.C4H10N.C3H4N.Co/c2*1-3(5-7)4(2)6-8;1-3-4(2)5;1-2-3-4;/h2*7-8H,1-2H3;4-5H,3H2,1-2H3;1-2H2;/q;;2*-1;+2. The van der Waals surface area contributed by atoms with Crippen molar-refractivity contribution in [1.29, 1.82) is 5.26 Å². The van der Waals surface area contributed by atoms with Crippen LogP contribution in [-0.4, -0.2) is 49.7 Å². The van der Waals surface area contributed by atoms with Gasteiger partial charge in [-0.05, 0) is 27.7 Å². The van der Waals surface area contributed by atoms with Gasteiger partial charge in [0, 0.05) is 6.07 Å². The van der Waals surface area contributed by atoms with Crippen molar-refractivity contribution < 1.29 is 37.6 Å². The Hall–Kier alpha value is -2.16. The molecule has 10 nitrogen and oxygen atoms in total. The molecule has 0 saturated heterocycles. The van der Waals surface area contributed by atoms with Gasteiger partial charge in [-0.15, -0.1) is 6.04 Å². The predicted molar refractivity (Wildman–Crippen MR) is 99.2 cm³/mol. The van der Waals surface area contributed by atoms with E-state index < -0.39 is 0 Å². The van der Waals surface area contributed by atoms with E-state index in [4.69, 9.17) is 31.8 Å². The zero-order valence-corrected chi connectivity index (χ0v) is 17.1. The molecule has 5 N–H and O–H groups in total. The number of rotatable bonds is 3. The third kappa shape index (κ3) is 33.4. The molecule has 0 aliphatic carbocycles. The monoisotopic (exact) mass is 417 g/mol. The van der Waals surface area contributed by atoms with Crippen molar-refractivity contribution in [3.63, 3.8) is 0 Å². The third-order valence-electron chi connectivity index (χ3n) is 2.37. The van der Waals surface area contributed by atoms with E-state index in [0.29, 0.717) is 29.3 Å². The first-order valence-corrected chi connectivity index (χ1v) is 7.25. The van der Waals surface area contributed by atoms with Gasteiger partial charge in [-0.2, -0.15) is 0 Å². The van der Waals surface area contributed by atoms with Gasteiger partial charge in [0.15, 0.2) is 0 Å². The molecule has 11 heteroatoms. The topological polar surface area (TPSA) is 178 Å². The van der Waals surface area contributed by atoms with Gasteiger partial charge < -0.3 is 33.5 Å². The molecule has 26 heavy (non-hydrogen) atoms. The van der Waals surface area contributed by atoms with Crippen LogP contribution in [0.3, 0.4) is 0 Å². The summed E-state index contributed by atoms with van der Waals surface area (Å²) < 4.78 is 0. The van der Waals surface area contributed by atoms with E-state index in [9.17, 15) is 0 Å². The minimum absolute atomic E-state index is 0. The van der Waals surface area contributed by atoms with E-state index >= 15 is 0 Å². The van der Waals surface area contributed by atoms with E-state index in [1.165, 1.54) is 27.7 Å². The van der Waals surface area contributed by atoms with E-state index in [1.807, 2.05) is 19.9 Å². The zero-order chi connectivity index (χ0) is 20.8. The van der Waals surface area contributed by atoms with Crippen LogP contribution in [0.2, 0.25) is 0 Å². The van der Waals surface area contributed by atoms with Gasteiger partial charge in [-0.1, -0.05) is 47.3 Å². The summed E-state index contributed by atoms with van der Waals surface area (Å²) in [4.78, 5) is 0. The second-order valence-corrected chi connectivity index (χ2v) is 4.46. The molecule has 0 saturated carbocycles. The first kappa shape index (κ1) is 35.0. The summed E-state index contributed by atoms with van der Waals surface area (Å²) in [6, 6.07) is 1.95. The minimum Gasteiger partial charge on any atom is -0.675 e. The molecule has 1 radical (unpaired) electrons. The van der Waals surface area contributed by atoms with Gasteiger partial charge in [-0.25, -0.2) is 5.26 Å². The number of oxime groups is 4. The van der Waals surface area contributed by atoms with Gasteiger partial charge in [0.2, 0.25) is 0 Å². The molecule has 0 aliphatic rings. The molecule has 0 fully saturated rings. The van der Waals surface area contributed by atoms with E-state index in [-0.39, 0.29) is 22.8 Å². The number of nitrogens with zero attached hydrogens (tertiary/aromatic N) is 5. The van der Waals surface area contributed by atoms with Crippen LogP contribution in [0.5, 0.6) is 0 Å². The molecule has 153 valence electrons.